The van der Waals surface area contributed by atoms with Gasteiger partial charge in [-0.25, -0.2) is 8.42 Å². The molecular formula is C104H139N13O23S2. The number of carboxylic acid groups (broad SMARTS) is 1. The van der Waals surface area contributed by atoms with Gasteiger partial charge in [-0.2, -0.15) is 13.0 Å². The van der Waals surface area contributed by atoms with E-state index in [-0.39, 0.29) is 116 Å². The maximum absolute atomic E-state index is 14.3. The van der Waals surface area contributed by atoms with Gasteiger partial charge in [0, 0.05) is 147 Å². The van der Waals surface area contributed by atoms with Crippen LogP contribution in [-0.2, 0) is 113 Å². The molecule has 0 radical (unpaired) electrons. The molecule has 1 saturated carbocycles. The zero-order valence-electron chi connectivity index (χ0n) is 82.3. The highest BCUT2D eigenvalue weighted by Crippen LogP contribution is 2.49. The summed E-state index contributed by atoms with van der Waals surface area (Å²) >= 11 is 0. The molecule has 770 valence electrons. The fourth-order valence-corrected chi connectivity index (χ4v) is 19.4. The third kappa shape index (κ3) is 34.0. The molecule has 5 aromatic carbocycles. The lowest BCUT2D eigenvalue weighted by molar-refractivity contribution is -0.438. The number of guanidine groups is 1. The number of Topliss-reactive ketones (excluding diaryl/α,β-unsaturated/α-hetero) is 5. The highest BCUT2D eigenvalue weighted by Gasteiger charge is 2.46. The molecule has 3 aliphatic rings. The molecule has 1 aromatic heterocycles. The number of fused-ring (bicyclic) bond motifs is 3. The number of hydrogen-bond donors (Lipinski definition) is 15. The molecule has 0 bridgehead atoms. The lowest BCUT2D eigenvalue weighted by Gasteiger charge is -2.28. The monoisotopic (exact) mass is 2000 g/mol. The van der Waals surface area contributed by atoms with Gasteiger partial charge in [0.15, 0.2) is 34.8 Å². The van der Waals surface area contributed by atoms with Crippen LogP contribution in [0.25, 0.3) is 10.9 Å². The van der Waals surface area contributed by atoms with Crippen molar-refractivity contribution in [3.63, 3.8) is 0 Å². The van der Waals surface area contributed by atoms with Gasteiger partial charge in [0.25, 0.3) is 10.1 Å². The van der Waals surface area contributed by atoms with Gasteiger partial charge in [0.05, 0.1) is 65.4 Å². The molecule has 1 fully saturated rings. The van der Waals surface area contributed by atoms with Crippen molar-refractivity contribution >= 4 is 130 Å². The number of carbonyl (C=O) groups is 13. The molecule has 9 atom stereocenters. The Labute approximate surface area is 829 Å². The number of nitrogens with two attached hydrogens (primary N) is 3. The van der Waals surface area contributed by atoms with Crippen LogP contribution in [0.5, 0.6) is 5.75 Å². The van der Waals surface area contributed by atoms with E-state index < -0.39 is 182 Å². The van der Waals surface area contributed by atoms with Crippen LogP contribution in [0.4, 0.5) is 11.4 Å². The third-order valence-electron chi connectivity index (χ3n) is 26.4. The highest BCUT2D eigenvalue weighted by atomic mass is 32.2. The van der Waals surface area contributed by atoms with Crippen LogP contribution in [0.15, 0.2) is 172 Å². The average molecular weight is 2000 g/mol. The fourth-order valence-electron chi connectivity index (χ4n) is 18.4. The van der Waals surface area contributed by atoms with Gasteiger partial charge in [-0.15, -0.1) is 0 Å². The predicted octanol–water partition coefficient (Wildman–Crippen LogP) is 8.59. The quantitative estimate of drug-likeness (QED) is 0.00424. The van der Waals surface area contributed by atoms with Gasteiger partial charge in [0.1, 0.15) is 34.2 Å². The van der Waals surface area contributed by atoms with E-state index in [1.807, 2.05) is 103 Å². The number of ketones is 5. The number of H-pyrrole nitrogens is 1. The lowest BCUT2D eigenvalue weighted by Crippen LogP contribution is -2.50. The number of carboxylic acids is 1. The molecule has 2 aliphatic heterocycles. The minimum Gasteiger partial charge on any atom is -0.744 e. The first-order valence-electron chi connectivity index (χ1n) is 48.3. The van der Waals surface area contributed by atoms with Crippen LogP contribution >= 0.6 is 0 Å². The number of phenols is 1. The van der Waals surface area contributed by atoms with Crippen molar-refractivity contribution in [1.29, 1.82) is 0 Å². The number of rotatable bonds is 56. The molecule has 0 spiro atoms. The van der Waals surface area contributed by atoms with Crippen LogP contribution in [0.2, 0.25) is 0 Å². The number of aliphatic imine (C=N–C) groups is 1. The first kappa shape index (κ1) is 115. The summed E-state index contributed by atoms with van der Waals surface area (Å²) in [4.78, 5) is 181. The van der Waals surface area contributed by atoms with Crippen molar-refractivity contribution in [3.05, 3.63) is 185 Å². The number of para-hydroxylation sites is 1. The summed E-state index contributed by atoms with van der Waals surface area (Å²) in [5, 5.41) is 55.7. The number of anilines is 1. The van der Waals surface area contributed by atoms with Gasteiger partial charge < -0.3 is 84.0 Å². The number of allylic oxidation sites excluding steroid dienone is 6. The van der Waals surface area contributed by atoms with Crippen LogP contribution in [0.3, 0.4) is 0 Å². The second kappa shape index (κ2) is 53.9. The number of phenolic OH excluding ortho intramolecular Hbond substituents is 1. The van der Waals surface area contributed by atoms with Crippen molar-refractivity contribution in [2.24, 2.45) is 63.6 Å². The van der Waals surface area contributed by atoms with Gasteiger partial charge in [0.2, 0.25) is 47.0 Å². The number of aromatic nitrogens is 1. The van der Waals surface area contributed by atoms with E-state index in [1.165, 1.54) is 43.4 Å². The van der Waals surface area contributed by atoms with E-state index in [9.17, 15) is 109 Å². The standard InChI is InChI=1S/C66H86N6O16S2.C38H53N7O7/c1-7-71-54-30-28-48(89(83,84)85)38-50(54)65(2,3)58(71)24-16-10-17-25-59-66(4,5)51-39-49(90(86,87)88)29-31-55(51)72(59)33-19-11-18-26-60(77)68-41-47(74)27-32-61(78)69-53(40-62(79)80)56(75)36-45(34-43-20-12-8-13-21-43)64(82)70-52(35-44-22-14-9-15-23-44)57(76)37-46(42-73)63(81)67-6;1-22(2)15-31(34(49)19-26(37(52)45-32(21-46)35(39)50)17-27-20-43-30-9-5-4-8-29(27)30)44-36(51)25(16-24-10-12-28(47)13-11-24)18-33(48)23(3)7-6-14-42-38(40)41/h9-10,14-17,22-25,28-31,38-39,43,45-46,52-53,73H,7-8,11-13,18-21,26-27,32-37,40-42H2,1-6H3,(H6-,67,68,69,70,77,78,79,80,81,82,83,84,85,86,87,88);4-5,8-13,20,22-23,25-26,31-32,43,46-47H,6-7,14-19,21H2,1-3H3,(H2,39,50)(H,44,51)(H,45,52)(H4,40,41,42)/t45-,46-,52+,53+;23-,25-,26-,31+,32+/m11/s1. The molecule has 7 amide bonds. The number of amides is 7. The third-order valence-corrected chi connectivity index (χ3v) is 28.1. The topological polar surface area (TPSA) is 599 Å². The number of aromatic amines is 1. The number of aliphatic hydroxyl groups excluding tert-OH is 2. The molecule has 18 N–H and O–H groups in total. The van der Waals surface area contributed by atoms with Crippen molar-refractivity contribution < 1.29 is 113 Å². The number of primary amides is 1. The van der Waals surface area contributed by atoms with Crippen LogP contribution < -0.4 is 54.0 Å². The number of aliphatic carboxylic acids is 1. The SMILES string of the molecule is CC(C)C[C@H](NC(=O)[C@@H](CC(=O)[C@H](C)CCCN=C(N)N)Cc1ccc(O)cc1)C(=O)C[C@@H](Cc1c[nH]c2ccccc12)C(=O)N[C@@H](CO)C(N)=O.CCN1C(=CC=CC=CC2=[N+](CCCCCC(=O)NCC(=O)CCC(=O)N[C@@H](CC(=O)O)C(=O)C[C@@H](CC3CCCCC3)C(=O)N[C@@H](Cc3ccccc3)C(=O)C[C@H](CO)C(=O)NC)c3ccc(S(=O)(=O)O)cc3C2(C)C)C(C)(C)c2cc(S(=O)(=O)[O-])ccc21. The summed E-state index contributed by atoms with van der Waals surface area (Å²) in [6, 6.07) is 26.5. The largest absolute Gasteiger partial charge is 0.744 e. The molecule has 142 heavy (non-hydrogen) atoms. The predicted molar refractivity (Wildman–Crippen MR) is 535 cm³/mol. The van der Waals surface area contributed by atoms with Crippen molar-refractivity contribution in [1.82, 2.24) is 36.9 Å². The van der Waals surface area contributed by atoms with Crippen molar-refractivity contribution in [2.75, 3.05) is 51.3 Å². The minimum absolute atomic E-state index is 0.0220. The second-order valence-electron chi connectivity index (χ2n) is 38.3. The van der Waals surface area contributed by atoms with E-state index in [0.717, 1.165) is 76.9 Å². The Morgan fingerprint density at radius 3 is 1.85 bits per heavy atom. The number of carbonyl (C=O) groups excluding carboxylic acids is 12. The summed E-state index contributed by atoms with van der Waals surface area (Å²) in [5.74, 6) is -12.3. The van der Waals surface area contributed by atoms with E-state index in [0.29, 0.717) is 68.4 Å². The number of nitrogens with zero attached hydrogens (tertiary/aromatic N) is 3. The Morgan fingerprint density at radius 2 is 1.21 bits per heavy atom. The Bertz CT molecular complexity index is 5880. The van der Waals surface area contributed by atoms with Crippen LogP contribution in [-0.4, -0.2) is 214 Å². The first-order chi connectivity index (χ1) is 67.2. The van der Waals surface area contributed by atoms with Crippen LogP contribution in [0.1, 0.15) is 212 Å². The van der Waals surface area contributed by atoms with E-state index in [2.05, 4.69) is 51.4 Å². The number of likely N-dealkylation sites (N-methyl/N-ethyl adjacent to an activating group) is 1. The number of benzene rings is 5. The maximum atomic E-state index is 14.3. The van der Waals surface area contributed by atoms with Crippen molar-refractivity contribution in [3.8, 4) is 5.75 Å². The maximum Gasteiger partial charge on any atom is 0.305 e. The summed E-state index contributed by atoms with van der Waals surface area (Å²) in [5.41, 5.74) is 22.5. The van der Waals surface area contributed by atoms with Gasteiger partial charge in [-0.05, 0) is 167 Å². The molecule has 0 unspecified atom stereocenters. The Hall–Kier alpha value is -12.8. The van der Waals surface area contributed by atoms with E-state index in [4.69, 9.17) is 17.2 Å². The molecule has 9 rings (SSSR count). The molecule has 38 heteroatoms. The molecule has 0 saturated heterocycles. The number of nitrogens with one attached hydrogen (secondary N) is 7. The number of hydrogen-bond acceptors (Lipinski definition) is 23. The van der Waals surface area contributed by atoms with Crippen molar-refractivity contribution in [2.45, 2.75) is 248 Å². The summed E-state index contributed by atoms with van der Waals surface area (Å²) in [6.07, 6.45) is 16.5. The normalized spacial score (nSPS) is 16.2. The molecule has 3 heterocycles. The summed E-state index contributed by atoms with van der Waals surface area (Å²) in [7, 11) is -7.81. The van der Waals surface area contributed by atoms with Gasteiger partial charge in [-0.1, -0.05) is 146 Å². The number of aliphatic hydroxyl groups is 2. The Kier molecular flexibility index (Phi) is 43.5. The lowest BCUT2D eigenvalue weighted by atomic mass is 9.80. The zero-order valence-corrected chi connectivity index (χ0v) is 83.9. The summed E-state index contributed by atoms with van der Waals surface area (Å²) in [6.45, 7) is 15.1. The number of aromatic hydroxyl groups is 1. The van der Waals surface area contributed by atoms with E-state index >= 15 is 0 Å². The van der Waals surface area contributed by atoms with Gasteiger partial charge >= 0.3 is 5.97 Å². The molecule has 1 aliphatic carbocycles. The summed E-state index contributed by atoms with van der Waals surface area (Å²) < 4.78 is 72.1. The molecule has 6 aromatic rings. The second-order valence-corrected chi connectivity index (χ2v) is 41.1. The highest BCUT2D eigenvalue weighted by molar-refractivity contribution is 7.86. The minimum atomic E-state index is -4.67. The zero-order chi connectivity index (χ0) is 105. The smallest absolute Gasteiger partial charge is 0.305 e. The molecule has 36 nitrogen and oxygen atoms in total. The Morgan fingerprint density at radius 1 is 0.606 bits per heavy atom. The average Bonchev–Trinajstić information content (AvgIpc) is 1.59. The Balaban J connectivity index is 0.000000402. The van der Waals surface area contributed by atoms with Crippen LogP contribution in [0, 0.1) is 41.4 Å². The number of unbranched alkanes of at least 4 members (excludes halogenated alkanes) is 2. The fraction of sp³-hybridized carbons (Fsp3) is 0.490. The van der Waals surface area contributed by atoms with E-state index in [1.54, 1.807) is 67.7 Å². The van der Waals surface area contributed by atoms with Gasteiger partial charge in [-0.3, -0.25) is 71.9 Å². The first-order valence-corrected chi connectivity index (χ1v) is 51.2. The molecular weight excluding hydrogens is 1860 g/mol.